The Hall–Kier alpha value is -5.15. The lowest BCUT2D eigenvalue weighted by Crippen LogP contribution is -2.65. The first kappa shape index (κ1) is 36.6. The number of hydrogen-bond acceptors (Lipinski definition) is 0. The van der Waals surface area contributed by atoms with Crippen LogP contribution in [0.25, 0.3) is 11.1 Å². The van der Waals surface area contributed by atoms with Crippen LogP contribution in [-0.4, -0.2) is 6.71 Å². The highest BCUT2D eigenvalue weighted by atomic mass is 19.2. The predicted octanol–water partition coefficient (Wildman–Crippen LogP) is 9.49. The average Bonchev–Trinajstić information content (AvgIpc) is 3.44. The van der Waals surface area contributed by atoms with Gasteiger partial charge in [-0.1, -0.05) is 68.4 Å². The lowest BCUT2D eigenvalue weighted by molar-refractivity contribution is 0.376. The molecule has 0 heterocycles. The summed E-state index contributed by atoms with van der Waals surface area (Å²) < 4.78 is 229. The van der Waals surface area contributed by atoms with Crippen molar-refractivity contribution in [2.24, 2.45) is 5.92 Å². The van der Waals surface area contributed by atoms with Crippen LogP contribution in [0.4, 0.5) is 65.9 Å². The second-order valence-electron chi connectivity index (χ2n) is 12.0. The van der Waals surface area contributed by atoms with Crippen LogP contribution in [0.3, 0.4) is 0 Å². The third-order valence-corrected chi connectivity index (χ3v) is 9.26. The molecule has 0 saturated carbocycles. The van der Waals surface area contributed by atoms with E-state index in [1.807, 2.05) is 0 Å². The summed E-state index contributed by atoms with van der Waals surface area (Å²) in [6.45, 7) is -1.02. The van der Waals surface area contributed by atoms with Crippen LogP contribution in [0.1, 0.15) is 36.1 Å². The van der Waals surface area contributed by atoms with Gasteiger partial charge < -0.3 is 0 Å². The van der Waals surface area contributed by atoms with Gasteiger partial charge in [-0.15, -0.1) is 0 Å². The van der Waals surface area contributed by atoms with Crippen molar-refractivity contribution in [1.82, 2.24) is 0 Å². The molecule has 52 heavy (non-hydrogen) atoms. The van der Waals surface area contributed by atoms with Gasteiger partial charge in [0.2, 0.25) is 12.5 Å². The molecular formula is C36H16BF15. The minimum absolute atomic E-state index is 0.357. The zero-order chi connectivity index (χ0) is 38.3. The first-order chi connectivity index (χ1) is 24.4. The number of fused-ring (bicyclic) bond motifs is 1. The van der Waals surface area contributed by atoms with Gasteiger partial charge in [0, 0.05) is 16.2 Å². The fourth-order valence-corrected chi connectivity index (χ4v) is 7.19. The monoisotopic (exact) mass is 744 g/mol. The van der Waals surface area contributed by atoms with Gasteiger partial charge in [-0.2, -0.15) is 0 Å². The molecule has 5 aromatic carbocycles. The Balaban J connectivity index is 2.00. The number of benzene rings is 5. The molecule has 0 spiro atoms. The van der Waals surface area contributed by atoms with Crippen LogP contribution in [0.2, 0.25) is 0 Å². The second-order valence-corrected chi connectivity index (χ2v) is 12.0. The first-order valence-corrected chi connectivity index (χ1v) is 14.9. The quantitative estimate of drug-likeness (QED) is 0.0704. The summed E-state index contributed by atoms with van der Waals surface area (Å²) in [4.78, 5) is 0. The number of halogens is 15. The first-order valence-electron chi connectivity index (χ1n) is 14.9. The van der Waals surface area contributed by atoms with Gasteiger partial charge in [0.1, 0.15) is 0 Å². The SMILES string of the molecule is CC(C)C1(B(c2c(F)c(F)c(F)c(F)c2F)c2c(F)c(F)c(F)c(F)c2F)C(c2ccccc2)=C(c2c(F)c(F)c(F)c(F)c2F)c2ccccc21. The van der Waals surface area contributed by atoms with Crippen LogP contribution in [0.15, 0.2) is 54.6 Å². The molecule has 0 bridgehead atoms. The molecule has 0 nitrogen and oxygen atoms in total. The summed E-state index contributed by atoms with van der Waals surface area (Å²) in [5, 5.41) is -2.93. The van der Waals surface area contributed by atoms with Gasteiger partial charge in [-0.3, -0.25) is 0 Å². The highest BCUT2D eigenvalue weighted by molar-refractivity contribution is 6.89. The Bertz CT molecular complexity index is 2200. The van der Waals surface area contributed by atoms with Gasteiger partial charge in [-0.25, -0.2) is 65.9 Å². The van der Waals surface area contributed by atoms with E-state index in [-0.39, 0.29) is 5.56 Å². The molecule has 0 fully saturated rings. The van der Waals surface area contributed by atoms with E-state index in [1.165, 1.54) is 18.2 Å². The number of hydrogen-bond donors (Lipinski definition) is 0. The lowest BCUT2D eigenvalue weighted by Gasteiger charge is -2.44. The maximum atomic E-state index is 16.1. The standard InChI is InChI=1S/C36H16BF15/c1-12(2)36(37(19-23(40)29(46)34(51)30(47)24(19)41)20-25(42)31(48)35(52)32(49)26(20)43)15-11-7-6-10-14(15)16(18(36)13-8-4-3-5-9-13)17-21(38)27(44)33(50)28(45)22(17)39/h3-12H,1-2H3. The van der Waals surface area contributed by atoms with Crippen LogP contribution < -0.4 is 10.9 Å². The van der Waals surface area contributed by atoms with Crippen molar-refractivity contribution in [2.45, 2.75) is 19.2 Å². The maximum Gasteiger partial charge on any atom is 0.240 e. The van der Waals surface area contributed by atoms with E-state index in [1.54, 1.807) is 0 Å². The molecule has 0 saturated heterocycles. The third kappa shape index (κ3) is 4.81. The van der Waals surface area contributed by atoms with Crippen molar-refractivity contribution < 1.29 is 65.9 Å². The Morgan fingerprint density at radius 1 is 0.423 bits per heavy atom. The molecule has 1 aliphatic carbocycles. The van der Waals surface area contributed by atoms with E-state index in [4.69, 9.17) is 0 Å². The summed E-state index contributed by atoms with van der Waals surface area (Å²) in [6.07, 6.45) is 0. The van der Waals surface area contributed by atoms with E-state index in [0.717, 1.165) is 50.2 Å². The molecule has 0 N–H and O–H groups in total. The Morgan fingerprint density at radius 2 is 0.769 bits per heavy atom. The number of rotatable bonds is 6. The zero-order valence-corrected chi connectivity index (χ0v) is 26.0. The summed E-state index contributed by atoms with van der Waals surface area (Å²) in [5.74, 6) is -41.7. The molecule has 6 rings (SSSR count). The van der Waals surface area contributed by atoms with Crippen molar-refractivity contribution in [3.8, 4) is 0 Å². The molecule has 268 valence electrons. The molecular weight excluding hydrogens is 728 g/mol. The lowest BCUT2D eigenvalue weighted by atomic mass is 9.22. The van der Waals surface area contributed by atoms with Gasteiger partial charge in [0.25, 0.3) is 0 Å². The van der Waals surface area contributed by atoms with Crippen LogP contribution in [-0.2, 0) is 5.31 Å². The van der Waals surface area contributed by atoms with E-state index >= 15 is 43.9 Å². The van der Waals surface area contributed by atoms with E-state index < -0.39 is 144 Å². The highest BCUT2D eigenvalue weighted by Crippen LogP contribution is 2.59. The van der Waals surface area contributed by atoms with Crippen molar-refractivity contribution in [1.29, 1.82) is 0 Å². The van der Waals surface area contributed by atoms with Crippen LogP contribution >= 0.6 is 0 Å². The van der Waals surface area contributed by atoms with Gasteiger partial charge in [0.15, 0.2) is 81.4 Å². The van der Waals surface area contributed by atoms with Crippen molar-refractivity contribution in [2.75, 3.05) is 0 Å². The Morgan fingerprint density at radius 3 is 1.17 bits per heavy atom. The molecule has 0 amide bonds. The maximum absolute atomic E-state index is 16.1. The minimum Gasteiger partial charge on any atom is -0.204 e. The Labute approximate surface area is 283 Å². The fraction of sp³-hybridized carbons (Fsp3) is 0.111. The summed E-state index contributed by atoms with van der Waals surface area (Å²) in [7, 11) is 0. The molecule has 5 aromatic rings. The van der Waals surface area contributed by atoms with E-state index in [9.17, 15) is 22.0 Å². The third-order valence-electron chi connectivity index (χ3n) is 9.26. The molecule has 16 heteroatoms. The second kappa shape index (κ2) is 12.8. The zero-order valence-electron chi connectivity index (χ0n) is 26.0. The van der Waals surface area contributed by atoms with Gasteiger partial charge in [-0.05, 0) is 33.8 Å². The predicted molar refractivity (Wildman–Crippen MR) is 159 cm³/mol. The van der Waals surface area contributed by atoms with Gasteiger partial charge in [0.05, 0.1) is 5.56 Å². The van der Waals surface area contributed by atoms with E-state index in [0.29, 0.717) is 0 Å². The normalized spacial score (nSPS) is 15.6. The summed E-state index contributed by atoms with van der Waals surface area (Å²) in [6, 6.07) is 10.2. The smallest absolute Gasteiger partial charge is 0.204 e. The van der Waals surface area contributed by atoms with Crippen molar-refractivity contribution in [3.63, 3.8) is 0 Å². The van der Waals surface area contributed by atoms with E-state index in [2.05, 4.69) is 0 Å². The Kier molecular flexibility index (Phi) is 9.03. The fourth-order valence-electron chi connectivity index (χ4n) is 7.19. The number of allylic oxidation sites excluding steroid dienone is 1. The van der Waals surface area contributed by atoms with Crippen LogP contribution in [0, 0.1) is 93.2 Å². The molecule has 1 unspecified atom stereocenters. The van der Waals surface area contributed by atoms with Gasteiger partial charge >= 0.3 is 0 Å². The summed E-state index contributed by atoms with van der Waals surface area (Å²) in [5.41, 5.74) is -9.24. The topological polar surface area (TPSA) is 0 Å². The largest absolute Gasteiger partial charge is 0.240 e. The molecule has 1 atom stereocenters. The highest BCUT2D eigenvalue weighted by Gasteiger charge is 2.60. The minimum atomic E-state index is -3.23. The van der Waals surface area contributed by atoms with Crippen LogP contribution in [0.5, 0.6) is 0 Å². The molecule has 0 aromatic heterocycles. The van der Waals surface area contributed by atoms with Crippen molar-refractivity contribution >= 4 is 28.8 Å². The average molecular weight is 744 g/mol. The molecule has 0 aliphatic heterocycles. The molecule has 1 aliphatic rings. The van der Waals surface area contributed by atoms with Crippen molar-refractivity contribution in [3.05, 3.63) is 164 Å². The summed E-state index contributed by atoms with van der Waals surface area (Å²) >= 11 is 0. The molecule has 0 radical (unpaired) electrons.